The normalized spacial score (nSPS) is 12.7. The van der Waals surface area contributed by atoms with E-state index in [4.69, 9.17) is 14.2 Å². The van der Waals surface area contributed by atoms with Crippen molar-refractivity contribution in [2.24, 2.45) is 0 Å². The Bertz CT molecular complexity index is 376. The van der Waals surface area contributed by atoms with Gasteiger partial charge in [0, 0.05) is 23.2 Å². The molecule has 0 unspecified atom stereocenters. The van der Waals surface area contributed by atoms with E-state index in [-0.39, 0.29) is 6.61 Å². The molecule has 1 atom stereocenters. The van der Waals surface area contributed by atoms with Gasteiger partial charge in [-0.25, -0.2) is 0 Å². The largest absolute Gasteiger partial charge is 0.488 e. The highest BCUT2D eigenvalue weighted by atomic mass is 79.9. The zero-order chi connectivity index (χ0) is 14.3. The fraction of sp³-hybridized carbons (Fsp3) is 0.571. The van der Waals surface area contributed by atoms with Gasteiger partial charge in [-0.05, 0) is 32.9 Å². The Labute approximate surface area is 122 Å². The molecule has 1 aromatic carbocycles. The molecule has 0 aliphatic heterocycles. The zero-order valence-electron chi connectivity index (χ0n) is 11.6. The summed E-state index contributed by atoms with van der Waals surface area (Å²) in [5, 5.41) is 9.71. The third kappa shape index (κ3) is 5.48. The molecule has 0 saturated heterocycles. The predicted molar refractivity (Wildman–Crippen MR) is 77.3 cm³/mol. The van der Waals surface area contributed by atoms with Crippen LogP contribution in [0.5, 0.6) is 5.75 Å². The maximum atomic E-state index is 9.71. The van der Waals surface area contributed by atoms with Gasteiger partial charge >= 0.3 is 0 Å². The second-order valence-corrected chi connectivity index (χ2v) is 4.93. The molecule has 0 aromatic heterocycles. The molecule has 0 aliphatic carbocycles. The minimum Gasteiger partial charge on any atom is -0.488 e. The highest BCUT2D eigenvalue weighted by Crippen LogP contribution is 2.28. The van der Waals surface area contributed by atoms with Crippen molar-refractivity contribution in [1.29, 1.82) is 0 Å². The molecular weight excluding hydrogens is 312 g/mol. The number of aliphatic hydroxyl groups excluding tert-OH is 1. The Kier molecular flexibility index (Phi) is 7.38. The van der Waals surface area contributed by atoms with Crippen LogP contribution >= 0.6 is 15.9 Å². The van der Waals surface area contributed by atoms with E-state index in [2.05, 4.69) is 15.9 Å². The van der Waals surface area contributed by atoms with Crippen molar-refractivity contribution in [3.05, 3.63) is 28.2 Å². The lowest BCUT2D eigenvalue weighted by Crippen LogP contribution is -2.25. The van der Waals surface area contributed by atoms with Crippen LogP contribution in [0.1, 0.15) is 32.4 Å². The Hall–Kier alpha value is -0.620. The first-order valence-corrected chi connectivity index (χ1v) is 7.21. The van der Waals surface area contributed by atoms with Gasteiger partial charge in [0.2, 0.25) is 0 Å². The first-order chi connectivity index (χ1) is 9.08. The van der Waals surface area contributed by atoms with Crippen LogP contribution < -0.4 is 4.74 Å². The first-order valence-electron chi connectivity index (χ1n) is 6.42. The van der Waals surface area contributed by atoms with Gasteiger partial charge in [0.05, 0.1) is 6.10 Å². The summed E-state index contributed by atoms with van der Waals surface area (Å²) < 4.78 is 17.4. The van der Waals surface area contributed by atoms with Crippen molar-refractivity contribution in [3.63, 3.8) is 0 Å². The first kappa shape index (κ1) is 16.4. The van der Waals surface area contributed by atoms with Crippen LogP contribution in [0.15, 0.2) is 22.7 Å². The molecule has 1 N–H and O–H groups in total. The number of hydrogen-bond acceptors (Lipinski definition) is 4. The molecule has 1 rings (SSSR count). The molecule has 19 heavy (non-hydrogen) atoms. The quantitative estimate of drug-likeness (QED) is 0.742. The van der Waals surface area contributed by atoms with Gasteiger partial charge < -0.3 is 19.3 Å². The number of halogens is 1. The van der Waals surface area contributed by atoms with Crippen LogP contribution in [0.25, 0.3) is 0 Å². The van der Waals surface area contributed by atoms with Crippen molar-refractivity contribution >= 4 is 15.9 Å². The average molecular weight is 333 g/mol. The van der Waals surface area contributed by atoms with Crippen molar-refractivity contribution in [1.82, 2.24) is 0 Å². The summed E-state index contributed by atoms with van der Waals surface area (Å²) in [7, 11) is 0. The topological polar surface area (TPSA) is 47.9 Å². The molecule has 0 spiro atoms. The molecule has 0 radical (unpaired) electrons. The molecule has 0 amide bonds. The van der Waals surface area contributed by atoms with E-state index in [1.54, 1.807) is 6.92 Å². The van der Waals surface area contributed by atoms with E-state index >= 15 is 0 Å². The van der Waals surface area contributed by atoms with Gasteiger partial charge in [-0.1, -0.05) is 22.0 Å². The molecular formula is C14H21BrO4. The zero-order valence-corrected chi connectivity index (χ0v) is 13.1. The van der Waals surface area contributed by atoms with Crippen molar-refractivity contribution in [3.8, 4) is 5.75 Å². The number of rotatable bonds is 8. The molecule has 0 fully saturated rings. The monoisotopic (exact) mass is 332 g/mol. The van der Waals surface area contributed by atoms with E-state index in [1.165, 1.54) is 0 Å². The van der Waals surface area contributed by atoms with Gasteiger partial charge in [-0.3, -0.25) is 0 Å². The average Bonchev–Trinajstić information content (AvgIpc) is 2.36. The maximum absolute atomic E-state index is 9.71. The second kappa shape index (κ2) is 8.53. The smallest absolute Gasteiger partial charge is 0.191 e. The SMILES string of the molecule is CCOC(COc1cc(Br)ccc1[C@H](C)O)OCC. The second-order valence-electron chi connectivity index (χ2n) is 4.01. The van der Waals surface area contributed by atoms with Crippen LogP contribution in [-0.4, -0.2) is 31.2 Å². The third-order valence-electron chi connectivity index (χ3n) is 2.51. The van der Waals surface area contributed by atoms with E-state index in [0.29, 0.717) is 19.0 Å². The molecule has 0 bridgehead atoms. The molecule has 0 aliphatic rings. The summed E-state index contributed by atoms with van der Waals surface area (Å²) in [6, 6.07) is 5.54. The fourth-order valence-corrected chi connectivity index (χ4v) is 1.99. The fourth-order valence-electron chi connectivity index (χ4n) is 1.65. The van der Waals surface area contributed by atoms with Gasteiger partial charge in [0.15, 0.2) is 6.29 Å². The van der Waals surface area contributed by atoms with E-state index in [9.17, 15) is 5.11 Å². The Morgan fingerprint density at radius 3 is 2.37 bits per heavy atom. The summed E-state index contributed by atoms with van der Waals surface area (Å²) >= 11 is 3.39. The number of hydrogen-bond donors (Lipinski definition) is 1. The molecule has 0 heterocycles. The minimum atomic E-state index is -0.583. The lowest BCUT2D eigenvalue weighted by atomic mass is 10.1. The Balaban J connectivity index is 2.71. The van der Waals surface area contributed by atoms with Crippen LogP contribution in [0.4, 0.5) is 0 Å². The molecule has 0 saturated carbocycles. The van der Waals surface area contributed by atoms with Crippen molar-refractivity contribution in [2.75, 3.05) is 19.8 Å². The summed E-state index contributed by atoms with van der Waals surface area (Å²) in [5.41, 5.74) is 0.745. The van der Waals surface area contributed by atoms with Gasteiger partial charge in [0.25, 0.3) is 0 Å². The lowest BCUT2D eigenvalue weighted by molar-refractivity contribution is -0.152. The van der Waals surface area contributed by atoms with E-state index < -0.39 is 12.4 Å². The van der Waals surface area contributed by atoms with Crippen LogP contribution in [0.2, 0.25) is 0 Å². The number of ether oxygens (including phenoxy) is 3. The van der Waals surface area contributed by atoms with Crippen molar-refractivity contribution in [2.45, 2.75) is 33.2 Å². The maximum Gasteiger partial charge on any atom is 0.191 e. The molecule has 108 valence electrons. The molecule has 1 aromatic rings. The van der Waals surface area contributed by atoms with Crippen molar-refractivity contribution < 1.29 is 19.3 Å². The summed E-state index contributed by atoms with van der Waals surface area (Å²) in [4.78, 5) is 0. The number of aliphatic hydroxyl groups is 1. The van der Waals surface area contributed by atoms with Gasteiger partial charge in [-0.15, -0.1) is 0 Å². The van der Waals surface area contributed by atoms with Crippen LogP contribution in [0, 0.1) is 0 Å². The Morgan fingerprint density at radius 2 is 1.84 bits per heavy atom. The van der Waals surface area contributed by atoms with Crippen LogP contribution in [-0.2, 0) is 9.47 Å². The highest BCUT2D eigenvalue weighted by Gasteiger charge is 2.13. The predicted octanol–water partition coefficient (Wildman–Crippen LogP) is 3.28. The van der Waals surface area contributed by atoms with E-state index in [0.717, 1.165) is 10.0 Å². The summed E-state index contributed by atoms with van der Waals surface area (Å²) in [6.45, 7) is 6.95. The molecule has 4 nitrogen and oxygen atoms in total. The molecule has 5 heteroatoms. The summed E-state index contributed by atoms with van der Waals surface area (Å²) in [6.07, 6.45) is -0.975. The highest BCUT2D eigenvalue weighted by molar-refractivity contribution is 9.10. The lowest BCUT2D eigenvalue weighted by Gasteiger charge is -2.19. The van der Waals surface area contributed by atoms with Crippen LogP contribution in [0.3, 0.4) is 0 Å². The summed E-state index contributed by atoms with van der Waals surface area (Å²) in [5.74, 6) is 0.633. The van der Waals surface area contributed by atoms with E-state index in [1.807, 2.05) is 32.0 Å². The number of benzene rings is 1. The Morgan fingerprint density at radius 1 is 1.21 bits per heavy atom. The minimum absolute atomic E-state index is 0.290. The third-order valence-corrected chi connectivity index (χ3v) is 3.00. The van der Waals surface area contributed by atoms with Gasteiger partial charge in [-0.2, -0.15) is 0 Å². The standard InChI is InChI=1S/C14H21BrO4/c1-4-17-14(18-5-2)9-19-13-8-11(15)6-7-12(13)10(3)16/h6-8,10,14,16H,4-5,9H2,1-3H3/t10-/m0/s1. The van der Waals surface area contributed by atoms with Gasteiger partial charge in [0.1, 0.15) is 12.4 Å².